The summed E-state index contributed by atoms with van der Waals surface area (Å²) in [7, 11) is 3.92. The fourth-order valence-electron chi connectivity index (χ4n) is 1.65. The first kappa shape index (κ1) is 12.9. The molecule has 1 aromatic heterocycles. The Kier molecular flexibility index (Phi) is 3.86. The van der Waals surface area contributed by atoms with Crippen LogP contribution in [0.5, 0.6) is 0 Å². The SMILES string of the molecule is Cc1cc(CN=C2NC(N(C)C)=NC(C)N2)cs1. The van der Waals surface area contributed by atoms with Gasteiger partial charge in [-0.15, -0.1) is 11.3 Å². The maximum Gasteiger partial charge on any atom is 0.202 e. The summed E-state index contributed by atoms with van der Waals surface area (Å²) in [6, 6.07) is 2.17. The van der Waals surface area contributed by atoms with Gasteiger partial charge in [0, 0.05) is 19.0 Å². The Morgan fingerprint density at radius 2 is 2.28 bits per heavy atom. The van der Waals surface area contributed by atoms with E-state index < -0.39 is 0 Å². The molecule has 1 unspecified atom stereocenters. The molecule has 0 spiro atoms. The molecule has 1 aromatic rings. The summed E-state index contributed by atoms with van der Waals surface area (Å²) in [6.45, 7) is 4.80. The van der Waals surface area contributed by atoms with Crippen LogP contribution in [0.25, 0.3) is 0 Å². The number of hydrogen-bond donors (Lipinski definition) is 2. The maximum atomic E-state index is 4.54. The third-order valence-electron chi connectivity index (χ3n) is 2.52. The lowest BCUT2D eigenvalue weighted by Gasteiger charge is -2.26. The topological polar surface area (TPSA) is 52.0 Å². The Hall–Kier alpha value is -1.56. The minimum absolute atomic E-state index is 0.0478. The summed E-state index contributed by atoms with van der Waals surface area (Å²) in [6.07, 6.45) is 0.0478. The minimum atomic E-state index is 0.0478. The summed E-state index contributed by atoms with van der Waals surface area (Å²) in [4.78, 5) is 12.2. The van der Waals surface area contributed by atoms with Crippen molar-refractivity contribution in [3.8, 4) is 0 Å². The van der Waals surface area contributed by atoms with Crippen LogP contribution < -0.4 is 10.6 Å². The monoisotopic (exact) mass is 265 g/mol. The van der Waals surface area contributed by atoms with Crippen molar-refractivity contribution in [1.82, 2.24) is 15.5 Å². The second kappa shape index (κ2) is 5.39. The van der Waals surface area contributed by atoms with Crippen LogP contribution in [0.2, 0.25) is 0 Å². The summed E-state index contributed by atoms with van der Waals surface area (Å²) in [5.41, 5.74) is 1.25. The summed E-state index contributed by atoms with van der Waals surface area (Å²) in [5, 5.41) is 8.53. The lowest BCUT2D eigenvalue weighted by Crippen LogP contribution is -2.53. The van der Waals surface area contributed by atoms with E-state index in [2.05, 4.69) is 39.0 Å². The Morgan fingerprint density at radius 3 is 2.89 bits per heavy atom. The number of aliphatic imine (C=N–C) groups is 2. The first-order chi connectivity index (χ1) is 8.54. The van der Waals surface area contributed by atoms with E-state index in [0.29, 0.717) is 6.54 Å². The zero-order valence-corrected chi connectivity index (χ0v) is 12.0. The van der Waals surface area contributed by atoms with Crippen molar-refractivity contribution >= 4 is 23.3 Å². The molecule has 1 atom stereocenters. The highest BCUT2D eigenvalue weighted by atomic mass is 32.1. The van der Waals surface area contributed by atoms with Crippen molar-refractivity contribution in [3.63, 3.8) is 0 Å². The molecule has 5 nitrogen and oxygen atoms in total. The van der Waals surface area contributed by atoms with Crippen LogP contribution in [-0.2, 0) is 6.54 Å². The smallest absolute Gasteiger partial charge is 0.202 e. The standard InChI is InChI=1S/C12H19N5S/c1-8-5-10(7-18-8)6-13-11-14-9(2)15-12(16-11)17(3)4/h5,7,9H,6H2,1-4H3,(H2,13,14,15,16). The average Bonchev–Trinajstić information content (AvgIpc) is 2.72. The highest BCUT2D eigenvalue weighted by molar-refractivity contribution is 7.10. The van der Waals surface area contributed by atoms with Crippen molar-refractivity contribution in [2.45, 2.75) is 26.6 Å². The molecule has 18 heavy (non-hydrogen) atoms. The number of nitrogens with zero attached hydrogens (tertiary/aromatic N) is 3. The predicted octanol–water partition coefficient (Wildman–Crippen LogP) is 1.37. The molecule has 0 radical (unpaired) electrons. The molecule has 0 saturated carbocycles. The largest absolute Gasteiger partial charge is 0.349 e. The molecular formula is C12H19N5S. The molecule has 0 aliphatic carbocycles. The van der Waals surface area contributed by atoms with Crippen LogP contribution in [0.4, 0.5) is 0 Å². The molecule has 6 heteroatoms. The number of nitrogens with one attached hydrogen (secondary N) is 2. The molecule has 98 valence electrons. The van der Waals surface area contributed by atoms with Crippen molar-refractivity contribution < 1.29 is 0 Å². The van der Waals surface area contributed by atoms with E-state index in [4.69, 9.17) is 0 Å². The van der Waals surface area contributed by atoms with E-state index in [9.17, 15) is 0 Å². The summed E-state index contributed by atoms with van der Waals surface area (Å²) < 4.78 is 0. The third-order valence-corrected chi connectivity index (χ3v) is 3.43. The predicted molar refractivity (Wildman–Crippen MR) is 77.1 cm³/mol. The van der Waals surface area contributed by atoms with E-state index in [-0.39, 0.29) is 6.17 Å². The highest BCUT2D eigenvalue weighted by Gasteiger charge is 2.15. The van der Waals surface area contributed by atoms with Gasteiger partial charge >= 0.3 is 0 Å². The lowest BCUT2D eigenvalue weighted by atomic mass is 10.3. The number of thiophene rings is 1. The van der Waals surface area contributed by atoms with Crippen LogP contribution in [0.3, 0.4) is 0 Å². The van der Waals surface area contributed by atoms with Crippen molar-refractivity contribution in [1.29, 1.82) is 0 Å². The Bertz CT molecular complexity index is 475. The van der Waals surface area contributed by atoms with Crippen LogP contribution in [-0.4, -0.2) is 37.1 Å². The maximum absolute atomic E-state index is 4.54. The van der Waals surface area contributed by atoms with Crippen LogP contribution >= 0.6 is 11.3 Å². The second-order valence-corrected chi connectivity index (χ2v) is 5.64. The van der Waals surface area contributed by atoms with Gasteiger partial charge in [-0.25, -0.2) is 9.98 Å². The number of rotatable bonds is 2. The number of aryl methyl sites for hydroxylation is 1. The van der Waals surface area contributed by atoms with E-state index in [0.717, 1.165) is 11.9 Å². The fourth-order valence-corrected chi connectivity index (χ4v) is 2.35. The molecule has 1 aliphatic heterocycles. The van der Waals surface area contributed by atoms with E-state index in [1.807, 2.05) is 25.9 Å². The zero-order valence-electron chi connectivity index (χ0n) is 11.2. The van der Waals surface area contributed by atoms with Gasteiger partial charge in [-0.1, -0.05) is 0 Å². The van der Waals surface area contributed by atoms with Gasteiger partial charge in [-0.05, 0) is 30.9 Å². The fraction of sp³-hybridized carbons (Fsp3) is 0.500. The van der Waals surface area contributed by atoms with Gasteiger partial charge in [-0.3, -0.25) is 5.32 Å². The molecule has 0 amide bonds. The molecule has 0 aromatic carbocycles. The van der Waals surface area contributed by atoms with E-state index >= 15 is 0 Å². The van der Waals surface area contributed by atoms with Crippen molar-refractivity contribution in [3.05, 3.63) is 21.9 Å². The molecular weight excluding hydrogens is 246 g/mol. The molecule has 0 saturated heterocycles. The molecule has 1 aliphatic rings. The summed E-state index contributed by atoms with van der Waals surface area (Å²) in [5.74, 6) is 1.62. The van der Waals surface area contributed by atoms with Gasteiger partial charge in [0.05, 0.1) is 6.54 Å². The van der Waals surface area contributed by atoms with Crippen LogP contribution in [0, 0.1) is 6.92 Å². The molecule has 2 N–H and O–H groups in total. The first-order valence-corrected chi connectivity index (χ1v) is 6.79. The average molecular weight is 265 g/mol. The minimum Gasteiger partial charge on any atom is -0.349 e. The van der Waals surface area contributed by atoms with Gasteiger partial charge in [0.25, 0.3) is 0 Å². The molecule has 2 heterocycles. The quantitative estimate of drug-likeness (QED) is 0.849. The number of hydrogen-bond acceptors (Lipinski definition) is 4. The first-order valence-electron chi connectivity index (χ1n) is 5.92. The van der Waals surface area contributed by atoms with Crippen LogP contribution in [0.15, 0.2) is 21.4 Å². The van der Waals surface area contributed by atoms with Crippen molar-refractivity contribution in [2.75, 3.05) is 14.1 Å². The van der Waals surface area contributed by atoms with E-state index in [1.165, 1.54) is 10.4 Å². The Balaban J connectivity index is 2.03. The normalized spacial score (nSPS) is 21.2. The van der Waals surface area contributed by atoms with Gasteiger partial charge in [0.2, 0.25) is 5.96 Å². The molecule has 0 bridgehead atoms. The highest BCUT2D eigenvalue weighted by Crippen LogP contribution is 2.13. The Labute approximate surface area is 112 Å². The van der Waals surface area contributed by atoms with E-state index in [1.54, 1.807) is 11.3 Å². The second-order valence-electron chi connectivity index (χ2n) is 4.52. The van der Waals surface area contributed by atoms with Gasteiger partial charge in [-0.2, -0.15) is 0 Å². The summed E-state index contributed by atoms with van der Waals surface area (Å²) >= 11 is 1.75. The van der Waals surface area contributed by atoms with Crippen molar-refractivity contribution in [2.24, 2.45) is 9.98 Å². The Morgan fingerprint density at radius 1 is 1.50 bits per heavy atom. The molecule has 0 fully saturated rings. The van der Waals surface area contributed by atoms with Gasteiger partial charge in [0.1, 0.15) is 6.17 Å². The zero-order chi connectivity index (χ0) is 13.1. The lowest BCUT2D eigenvalue weighted by molar-refractivity contribution is 0.559. The van der Waals surface area contributed by atoms with Crippen LogP contribution in [0.1, 0.15) is 17.4 Å². The van der Waals surface area contributed by atoms with Gasteiger partial charge in [0.15, 0.2) is 5.96 Å². The van der Waals surface area contributed by atoms with Gasteiger partial charge < -0.3 is 10.2 Å². The third kappa shape index (κ3) is 3.22. The number of guanidine groups is 2. The molecule has 2 rings (SSSR count).